The summed E-state index contributed by atoms with van der Waals surface area (Å²) < 4.78 is 0. The summed E-state index contributed by atoms with van der Waals surface area (Å²) in [6.07, 6.45) is 5.13. The van der Waals surface area contributed by atoms with E-state index in [1.54, 1.807) is 6.20 Å². The number of carbonyl (C=O) groups is 1. The average molecular weight is 207 g/mol. The fourth-order valence-corrected chi connectivity index (χ4v) is 1.31. The van der Waals surface area contributed by atoms with Gasteiger partial charge in [0.25, 0.3) is 5.91 Å². The number of carbonyl (C=O) groups excluding carboxylic acids is 1. The summed E-state index contributed by atoms with van der Waals surface area (Å²) in [4.78, 5) is 19.7. The molecule has 82 valence electrons. The van der Waals surface area contributed by atoms with E-state index in [4.69, 9.17) is 0 Å². The van der Waals surface area contributed by atoms with Crippen LogP contribution in [-0.2, 0) is 0 Å². The maximum Gasteiger partial charge on any atom is 0.271 e. The maximum atomic E-state index is 11.6. The van der Waals surface area contributed by atoms with Gasteiger partial charge in [-0.25, -0.2) is 4.98 Å². The predicted octanol–water partition coefficient (Wildman–Crippen LogP) is 1.70. The van der Waals surface area contributed by atoms with Crippen LogP contribution in [-0.4, -0.2) is 21.9 Å². The Hall–Kier alpha value is -1.45. The third kappa shape index (κ3) is 3.65. The number of amides is 1. The molecule has 15 heavy (non-hydrogen) atoms. The Kier molecular flexibility index (Phi) is 4.21. The molecule has 0 radical (unpaired) electrons. The minimum absolute atomic E-state index is 0.150. The molecule has 0 aliphatic carbocycles. The molecular weight excluding hydrogens is 190 g/mol. The lowest BCUT2D eigenvalue weighted by Crippen LogP contribution is -2.33. The first kappa shape index (κ1) is 11.6. The number of nitrogens with zero attached hydrogens (tertiary/aromatic N) is 2. The summed E-state index contributed by atoms with van der Waals surface area (Å²) in [6.45, 7) is 5.92. The molecule has 4 nitrogen and oxygen atoms in total. The van der Waals surface area contributed by atoms with Crippen molar-refractivity contribution in [3.8, 4) is 0 Å². The van der Waals surface area contributed by atoms with Gasteiger partial charge >= 0.3 is 0 Å². The minimum Gasteiger partial charge on any atom is -0.348 e. The highest BCUT2D eigenvalue weighted by Crippen LogP contribution is 1.98. The van der Waals surface area contributed by atoms with Crippen LogP contribution < -0.4 is 5.32 Å². The molecule has 0 aliphatic heterocycles. The summed E-state index contributed by atoms with van der Waals surface area (Å²) in [5.41, 5.74) is 1.19. The number of aromatic nitrogens is 2. The highest BCUT2D eigenvalue weighted by Gasteiger charge is 2.10. The average Bonchev–Trinajstić information content (AvgIpc) is 2.18. The van der Waals surface area contributed by atoms with Crippen LogP contribution in [0.15, 0.2) is 12.4 Å². The molecule has 0 aliphatic rings. The molecule has 0 bridgehead atoms. The van der Waals surface area contributed by atoms with E-state index in [1.807, 2.05) is 13.8 Å². The Balaban J connectivity index is 2.57. The monoisotopic (exact) mass is 207 g/mol. The van der Waals surface area contributed by atoms with Gasteiger partial charge in [-0.05, 0) is 20.3 Å². The van der Waals surface area contributed by atoms with E-state index in [9.17, 15) is 4.79 Å². The first-order valence-corrected chi connectivity index (χ1v) is 5.23. The molecule has 0 spiro atoms. The van der Waals surface area contributed by atoms with Gasteiger partial charge in [0.1, 0.15) is 5.69 Å². The Labute approximate surface area is 90.1 Å². The third-order valence-electron chi connectivity index (χ3n) is 2.11. The quantitative estimate of drug-likeness (QED) is 0.817. The van der Waals surface area contributed by atoms with E-state index < -0.39 is 0 Å². The van der Waals surface area contributed by atoms with Crippen LogP contribution in [0.3, 0.4) is 0 Å². The van der Waals surface area contributed by atoms with Gasteiger partial charge in [-0.1, -0.05) is 13.3 Å². The molecule has 1 amide bonds. The highest BCUT2D eigenvalue weighted by molar-refractivity contribution is 5.92. The Morgan fingerprint density at radius 3 is 2.73 bits per heavy atom. The summed E-state index contributed by atoms with van der Waals surface area (Å²) in [5, 5.41) is 2.88. The molecule has 4 heteroatoms. The van der Waals surface area contributed by atoms with Crippen molar-refractivity contribution in [2.24, 2.45) is 0 Å². The molecule has 0 aromatic carbocycles. The maximum absolute atomic E-state index is 11.6. The lowest BCUT2D eigenvalue weighted by Gasteiger charge is -2.11. The van der Waals surface area contributed by atoms with Crippen molar-refractivity contribution in [2.45, 2.75) is 39.7 Å². The molecule has 1 N–H and O–H groups in total. The molecule has 0 saturated carbocycles. The zero-order chi connectivity index (χ0) is 11.3. The van der Waals surface area contributed by atoms with Gasteiger partial charge in [0.05, 0.1) is 11.9 Å². The smallest absolute Gasteiger partial charge is 0.271 e. The standard InChI is InChI=1S/C11H17N3O/c1-4-5-8(2)14-11(15)10-7-12-9(3)6-13-10/h6-8H,4-5H2,1-3H3,(H,14,15)/t8-/m0/s1. The SMILES string of the molecule is CCC[C@H](C)NC(=O)c1cnc(C)cn1. The molecule has 0 saturated heterocycles. The van der Waals surface area contributed by atoms with E-state index >= 15 is 0 Å². The summed E-state index contributed by atoms with van der Waals surface area (Å²) in [7, 11) is 0. The molecule has 1 aromatic heterocycles. The van der Waals surface area contributed by atoms with Crippen LogP contribution in [0, 0.1) is 6.92 Å². The zero-order valence-electron chi connectivity index (χ0n) is 9.45. The van der Waals surface area contributed by atoms with E-state index in [0.29, 0.717) is 5.69 Å². The lowest BCUT2D eigenvalue weighted by atomic mass is 10.2. The topological polar surface area (TPSA) is 54.9 Å². The van der Waals surface area contributed by atoms with Gasteiger partial charge in [0, 0.05) is 12.2 Å². The Bertz CT molecular complexity index is 321. The van der Waals surface area contributed by atoms with Gasteiger partial charge in [-0.2, -0.15) is 0 Å². The summed E-state index contributed by atoms with van der Waals surface area (Å²) in [5.74, 6) is -0.150. The van der Waals surface area contributed by atoms with Crippen LogP contribution in [0.2, 0.25) is 0 Å². The van der Waals surface area contributed by atoms with Gasteiger partial charge < -0.3 is 5.32 Å². The molecule has 1 rings (SSSR count). The molecule has 0 unspecified atom stereocenters. The number of rotatable bonds is 4. The summed E-state index contributed by atoms with van der Waals surface area (Å²) >= 11 is 0. The zero-order valence-corrected chi connectivity index (χ0v) is 9.45. The third-order valence-corrected chi connectivity index (χ3v) is 2.11. The van der Waals surface area contributed by atoms with E-state index in [0.717, 1.165) is 18.5 Å². The Morgan fingerprint density at radius 1 is 1.47 bits per heavy atom. The van der Waals surface area contributed by atoms with Gasteiger partial charge in [-0.15, -0.1) is 0 Å². The van der Waals surface area contributed by atoms with Crippen molar-refractivity contribution < 1.29 is 4.79 Å². The van der Waals surface area contributed by atoms with Crippen LogP contribution in [0.4, 0.5) is 0 Å². The van der Waals surface area contributed by atoms with E-state index in [-0.39, 0.29) is 11.9 Å². The van der Waals surface area contributed by atoms with E-state index in [1.165, 1.54) is 6.20 Å². The minimum atomic E-state index is -0.150. The first-order chi connectivity index (χ1) is 7.13. The van der Waals surface area contributed by atoms with Crippen molar-refractivity contribution in [1.29, 1.82) is 0 Å². The lowest BCUT2D eigenvalue weighted by molar-refractivity contribution is 0.0933. The predicted molar refractivity (Wildman–Crippen MR) is 58.6 cm³/mol. The molecule has 1 atom stereocenters. The van der Waals surface area contributed by atoms with E-state index in [2.05, 4.69) is 22.2 Å². The molecule has 1 heterocycles. The number of hydrogen-bond donors (Lipinski definition) is 1. The fraction of sp³-hybridized carbons (Fsp3) is 0.545. The van der Waals surface area contributed by atoms with Gasteiger partial charge in [0.15, 0.2) is 0 Å². The van der Waals surface area contributed by atoms with Crippen molar-refractivity contribution in [2.75, 3.05) is 0 Å². The number of hydrogen-bond acceptors (Lipinski definition) is 3. The highest BCUT2D eigenvalue weighted by atomic mass is 16.1. The molecule has 1 aromatic rings. The number of nitrogens with one attached hydrogen (secondary N) is 1. The van der Waals surface area contributed by atoms with Crippen molar-refractivity contribution in [3.63, 3.8) is 0 Å². The van der Waals surface area contributed by atoms with Crippen LogP contribution in [0.25, 0.3) is 0 Å². The second-order valence-electron chi connectivity index (χ2n) is 3.71. The molecule has 0 fully saturated rings. The van der Waals surface area contributed by atoms with Crippen LogP contribution >= 0.6 is 0 Å². The van der Waals surface area contributed by atoms with Crippen molar-refractivity contribution in [1.82, 2.24) is 15.3 Å². The Morgan fingerprint density at radius 2 is 2.20 bits per heavy atom. The first-order valence-electron chi connectivity index (χ1n) is 5.23. The van der Waals surface area contributed by atoms with Crippen molar-refractivity contribution >= 4 is 5.91 Å². The largest absolute Gasteiger partial charge is 0.348 e. The second kappa shape index (κ2) is 5.44. The van der Waals surface area contributed by atoms with Crippen LogP contribution in [0.5, 0.6) is 0 Å². The fourth-order valence-electron chi connectivity index (χ4n) is 1.31. The van der Waals surface area contributed by atoms with Gasteiger partial charge in [0.2, 0.25) is 0 Å². The van der Waals surface area contributed by atoms with Crippen LogP contribution in [0.1, 0.15) is 42.9 Å². The van der Waals surface area contributed by atoms with Crippen molar-refractivity contribution in [3.05, 3.63) is 23.8 Å². The second-order valence-corrected chi connectivity index (χ2v) is 3.71. The van der Waals surface area contributed by atoms with Gasteiger partial charge in [-0.3, -0.25) is 9.78 Å². The normalized spacial score (nSPS) is 12.2. The summed E-state index contributed by atoms with van der Waals surface area (Å²) in [6, 6.07) is 0.186. The number of aryl methyl sites for hydroxylation is 1. The molecular formula is C11H17N3O.